The normalized spacial score (nSPS) is 13.4. The third-order valence-electron chi connectivity index (χ3n) is 6.11. The van der Waals surface area contributed by atoms with Crippen molar-refractivity contribution in [2.24, 2.45) is 0 Å². The van der Waals surface area contributed by atoms with E-state index in [0.29, 0.717) is 0 Å². The van der Waals surface area contributed by atoms with E-state index in [9.17, 15) is 9.90 Å². The Morgan fingerprint density at radius 2 is 1.73 bits per heavy atom. The van der Waals surface area contributed by atoms with Gasteiger partial charge in [0.15, 0.2) is 0 Å². The fourth-order valence-corrected chi connectivity index (χ4v) is 4.60. The van der Waals surface area contributed by atoms with Crippen LogP contribution < -0.4 is 14.7 Å². The molecule has 3 aromatic carbocycles. The standard InChI is InChI=1S/C27H28N4O2/c1-29(2)24-9-5-8-21-23(12-13-25(26(21)24)30(3)4)31-14-6-7-19-15-18(10-11-22(19)31)16-20(17-28)27(32)33/h5,8-13,15-16H,6-7,14H2,1-4H3,(H,32,33). The molecule has 0 saturated heterocycles. The predicted octanol–water partition coefficient (Wildman–Crippen LogP) is 5.05. The summed E-state index contributed by atoms with van der Waals surface area (Å²) in [6.45, 7) is 0.906. The van der Waals surface area contributed by atoms with Gasteiger partial charge in [0, 0.05) is 68.3 Å². The SMILES string of the molecule is CN(C)c1cccc2c(N3CCCc4cc(C=C(C#N)C(=O)O)ccc43)ccc(N(C)C)c12. The number of carboxylic acid groups (broad SMARTS) is 1. The van der Waals surface area contributed by atoms with Gasteiger partial charge >= 0.3 is 5.97 Å². The largest absolute Gasteiger partial charge is 0.477 e. The number of hydrogen-bond acceptors (Lipinski definition) is 5. The molecule has 168 valence electrons. The average Bonchev–Trinajstić information content (AvgIpc) is 2.80. The van der Waals surface area contributed by atoms with E-state index in [1.54, 1.807) is 6.07 Å². The second kappa shape index (κ2) is 8.87. The molecule has 0 fully saturated rings. The lowest BCUT2D eigenvalue weighted by Crippen LogP contribution is -2.25. The lowest BCUT2D eigenvalue weighted by Gasteiger charge is -2.33. The fourth-order valence-electron chi connectivity index (χ4n) is 4.60. The summed E-state index contributed by atoms with van der Waals surface area (Å²) in [7, 11) is 8.27. The molecule has 0 atom stereocenters. The van der Waals surface area contributed by atoms with Gasteiger partial charge in [0.25, 0.3) is 0 Å². The van der Waals surface area contributed by atoms with E-state index in [0.717, 1.165) is 41.9 Å². The first-order valence-electron chi connectivity index (χ1n) is 11.0. The minimum atomic E-state index is -1.21. The Kier molecular flexibility index (Phi) is 5.97. The van der Waals surface area contributed by atoms with Crippen molar-refractivity contribution in [1.82, 2.24) is 0 Å². The van der Waals surface area contributed by atoms with E-state index in [4.69, 9.17) is 5.26 Å². The van der Waals surface area contributed by atoms with Gasteiger partial charge in [-0.05, 0) is 60.4 Å². The van der Waals surface area contributed by atoms with Crippen molar-refractivity contribution in [3.05, 3.63) is 65.2 Å². The Hall–Kier alpha value is -3.98. The Bertz CT molecular complexity index is 1290. The zero-order valence-electron chi connectivity index (χ0n) is 19.5. The van der Waals surface area contributed by atoms with Crippen LogP contribution >= 0.6 is 0 Å². The summed E-state index contributed by atoms with van der Waals surface area (Å²) in [6.07, 6.45) is 3.35. The zero-order valence-corrected chi connectivity index (χ0v) is 19.5. The summed E-state index contributed by atoms with van der Waals surface area (Å²) in [6, 6.07) is 18.5. The summed E-state index contributed by atoms with van der Waals surface area (Å²) in [5, 5.41) is 20.7. The van der Waals surface area contributed by atoms with Crippen LogP contribution in [-0.2, 0) is 11.2 Å². The maximum absolute atomic E-state index is 11.2. The highest BCUT2D eigenvalue weighted by atomic mass is 16.4. The molecule has 33 heavy (non-hydrogen) atoms. The van der Waals surface area contributed by atoms with E-state index in [1.807, 2.05) is 18.2 Å². The smallest absolute Gasteiger partial charge is 0.346 e. The molecule has 1 N–H and O–H groups in total. The number of carboxylic acids is 1. The molecule has 0 aromatic heterocycles. The monoisotopic (exact) mass is 440 g/mol. The Morgan fingerprint density at radius 3 is 2.39 bits per heavy atom. The van der Waals surface area contributed by atoms with Gasteiger partial charge in [-0.25, -0.2) is 4.79 Å². The molecule has 0 aliphatic carbocycles. The molecule has 6 heteroatoms. The molecular formula is C27H28N4O2. The number of rotatable bonds is 5. The minimum Gasteiger partial charge on any atom is -0.477 e. The molecular weight excluding hydrogens is 412 g/mol. The molecule has 0 radical (unpaired) electrons. The van der Waals surface area contributed by atoms with E-state index < -0.39 is 5.97 Å². The Labute approximate surface area is 194 Å². The van der Waals surface area contributed by atoms with Crippen LogP contribution in [0.4, 0.5) is 22.7 Å². The number of aliphatic carboxylic acids is 1. The van der Waals surface area contributed by atoms with Crippen LogP contribution in [0, 0.1) is 11.3 Å². The molecule has 0 unspecified atom stereocenters. The number of hydrogen-bond donors (Lipinski definition) is 1. The molecule has 0 bridgehead atoms. The van der Waals surface area contributed by atoms with E-state index in [1.165, 1.54) is 28.2 Å². The number of carbonyl (C=O) groups is 1. The van der Waals surface area contributed by atoms with Crippen LogP contribution in [0.3, 0.4) is 0 Å². The molecule has 4 rings (SSSR count). The Balaban J connectivity index is 1.86. The van der Waals surface area contributed by atoms with Crippen molar-refractivity contribution >= 4 is 45.6 Å². The predicted molar refractivity (Wildman–Crippen MR) is 136 cm³/mol. The van der Waals surface area contributed by atoms with Gasteiger partial charge in [0.2, 0.25) is 0 Å². The van der Waals surface area contributed by atoms with Gasteiger partial charge in [-0.1, -0.05) is 18.2 Å². The van der Waals surface area contributed by atoms with Crippen LogP contribution in [0.25, 0.3) is 16.8 Å². The second-order valence-electron chi connectivity index (χ2n) is 8.71. The highest BCUT2D eigenvalue weighted by Crippen LogP contribution is 2.43. The number of aryl methyl sites for hydroxylation is 1. The molecule has 1 aliphatic rings. The fraction of sp³-hybridized carbons (Fsp3) is 0.259. The van der Waals surface area contributed by atoms with Crippen molar-refractivity contribution < 1.29 is 9.90 Å². The first kappa shape index (κ1) is 22.2. The highest BCUT2D eigenvalue weighted by Gasteiger charge is 2.22. The zero-order chi connectivity index (χ0) is 23.7. The quantitative estimate of drug-likeness (QED) is 0.442. The molecule has 0 saturated carbocycles. The van der Waals surface area contributed by atoms with Crippen molar-refractivity contribution in [1.29, 1.82) is 5.26 Å². The van der Waals surface area contributed by atoms with Crippen molar-refractivity contribution in [2.75, 3.05) is 49.4 Å². The summed E-state index contributed by atoms with van der Waals surface area (Å²) in [5.41, 5.74) is 6.27. The van der Waals surface area contributed by atoms with Crippen molar-refractivity contribution in [3.63, 3.8) is 0 Å². The lowest BCUT2D eigenvalue weighted by atomic mass is 9.96. The average molecular weight is 441 g/mol. The molecule has 1 heterocycles. The van der Waals surface area contributed by atoms with Crippen molar-refractivity contribution in [2.45, 2.75) is 12.8 Å². The van der Waals surface area contributed by atoms with Crippen LogP contribution in [0.5, 0.6) is 0 Å². The Morgan fingerprint density at radius 1 is 1.03 bits per heavy atom. The van der Waals surface area contributed by atoms with E-state index in [-0.39, 0.29) is 5.57 Å². The number of nitrogens with zero attached hydrogens (tertiary/aromatic N) is 4. The van der Waals surface area contributed by atoms with Gasteiger partial charge in [-0.15, -0.1) is 0 Å². The molecule has 0 amide bonds. The minimum absolute atomic E-state index is 0.260. The summed E-state index contributed by atoms with van der Waals surface area (Å²) < 4.78 is 0. The summed E-state index contributed by atoms with van der Waals surface area (Å²) in [4.78, 5) is 17.9. The first-order chi connectivity index (χ1) is 15.8. The van der Waals surface area contributed by atoms with Crippen LogP contribution in [-0.4, -0.2) is 45.8 Å². The molecule has 6 nitrogen and oxygen atoms in total. The topological polar surface area (TPSA) is 70.8 Å². The van der Waals surface area contributed by atoms with E-state index >= 15 is 0 Å². The third-order valence-corrected chi connectivity index (χ3v) is 6.11. The van der Waals surface area contributed by atoms with Crippen LogP contribution in [0.1, 0.15) is 17.5 Å². The second-order valence-corrected chi connectivity index (χ2v) is 8.71. The van der Waals surface area contributed by atoms with Crippen molar-refractivity contribution in [3.8, 4) is 6.07 Å². The van der Waals surface area contributed by atoms with Crippen LogP contribution in [0.15, 0.2) is 54.1 Å². The van der Waals surface area contributed by atoms with Gasteiger partial charge in [0.1, 0.15) is 11.6 Å². The highest BCUT2D eigenvalue weighted by molar-refractivity contribution is 6.10. The maximum Gasteiger partial charge on any atom is 0.346 e. The van der Waals surface area contributed by atoms with Gasteiger partial charge in [-0.3, -0.25) is 0 Å². The number of benzene rings is 3. The van der Waals surface area contributed by atoms with Gasteiger partial charge in [0.05, 0.1) is 0 Å². The summed E-state index contributed by atoms with van der Waals surface area (Å²) >= 11 is 0. The third kappa shape index (κ3) is 4.10. The molecule has 3 aromatic rings. The van der Waals surface area contributed by atoms with Gasteiger partial charge < -0.3 is 19.8 Å². The number of anilines is 4. The van der Waals surface area contributed by atoms with Gasteiger partial charge in [-0.2, -0.15) is 5.26 Å². The first-order valence-corrected chi connectivity index (χ1v) is 11.0. The molecule has 0 spiro atoms. The molecule has 1 aliphatic heterocycles. The lowest BCUT2D eigenvalue weighted by molar-refractivity contribution is -0.132. The van der Waals surface area contributed by atoms with E-state index in [2.05, 4.69) is 73.2 Å². The number of nitriles is 1. The maximum atomic E-state index is 11.2. The van der Waals surface area contributed by atoms with Crippen LogP contribution in [0.2, 0.25) is 0 Å². The summed E-state index contributed by atoms with van der Waals surface area (Å²) in [5.74, 6) is -1.21. The number of fused-ring (bicyclic) bond motifs is 2.